The molecule has 72 valence electrons. The maximum atomic E-state index is 5.69. The lowest BCUT2D eigenvalue weighted by Crippen LogP contribution is -1.80. The van der Waals surface area contributed by atoms with Crippen molar-refractivity contribution >= 4 is 0 Å². The predicted molar refractivity (Wildman–Crippen MR) is 56.0 cm³/mol. The van der Waals surface area contributed by atoms with E-state index in [-0.39, 0.29) is 0 Å². The fourth-order valence-electron chi connectivity index (χ4n) is 1.33. The van der Waals surface area contributed by atoms with Gasteiger partial charge >= 0.3 is 0 Å². The molecule has 0 spiro atoms. The van der Waals surface area contributed by atoms with Crippen molar-refractivity contribution in [1.29, 1.82) is 0 Å². The number of hydrogen-bond donors (Lipinski definition) is 0. The third-order valence-electron chi connectivity index (χ3n) is 2.14. The van der Waals surface area contributed by atoms with E-state index in [1.54, 1.807) is 6.20 Å². The zero-order chi connectivity index (χ0) is 9.97. The maximum Gasteiger partial charge on any atom is 0.135 e. The second-order valence-corrected chi connectivity index (χ2v) is 3.60. The fourth-order valence-corrected chi connectivity index (χ4v) is 1.33. The average molecular weight is 187 g/mol. The van der Waals surface area contributed by atoms with Crippen LogP contribution in [0.15, 0.2) is 41.1 Å². The van der Waals surface area contributed by atoms with E-state index >= 15 is 0 Å². The molecule has 2 aromatic heterocycles. The highest BCUT2D eigenvalue weighted by atomic mass is 16.3. The summed E-state index contributed by atoms with van der Waals surface area (Å²) in [5, 5.41) is 0. The molecule has 2 nitrogen and oxygen atoms in total. The first-order chi connectivity index (χ1) is 6.77. The van der Waals surface area contributed by atoms with Gasteiger partial charge in [0.15, 0.2) is 0 Å². The molecule has 2 heteroatoms. The van der Waals surface area contributed by atoms with Crippen molar-refractivity contribution in [2.75, 3.05) is 0 Å². The van der Waals surface area contributed by atoms with Crippen molar-refractivity contribution in [1.82, 2.24) is 4.98 Å². The summed E-state index contributed by atoms with van der Waals surface area (Å²) in [6.45, 7) is 4.23. The molecule has 0 aromatic carbocycles. The van der Waals surface area contributed by atoms with E-state index < -0.39 is 0 Å². The summed E-state index contributed by atoms with van der Waals surface area (Å²) in [6, 6.07) is 7.92. The summed E-state index contributed by atoms with van der Waals surface area (Å²) in [4.78, 5) is 4.06. The number of pyridine rings is 1. The van der Waals surface area contributed by atoms with Gasteiger partial charge in [0.05, 0.1) is 0 Å². The van der Waals surface area contributed by atoms with Crippen LogP contribution in [0.3, 0.4) is 0 Å². The molecule has 0 aliphatic heterocycles. The maximum absolute atomic E-state index is 5.69. The Morgan fingerprint density at radius 2 is 2.07 bits per heavy atom. The first-order valence-corrected chi connectivity index (χ1v) is 4.77. The van der Waals surface area contributed by atoms with Gasteiger partial charge in [-0.05, 0) is 24.3 Å². The summed E-state index contributed by atoms with van der Waals surface area (Å²) in [7, 11) is 0. The zero-order valence-corrected chi connectivity index (χ0v) is 8.40. The van der Waals surface area contributed by atoms with Gasteiger partial charge in [0, 0.05) is 23.9 Å². The number of aromatic nitrogens is 1. The molecule has 0 radical (unpaired) electrons. The molecule has 0 N–H and O–H groups in total. The van der Waals surface area contributed by atoms with Gasteiger partial charge in [0.1, 0.15) is 11.5 Å². The Morgan fingerprint density at radius 1 is 1.21 bits per heavy atom. The minimum absolute atomic E-state index is 0.431. The van der Waals surface area contributed by atoms with E-state index in [1.807, 2.05) is 30.5 Å². The van der Waals surface area contributed by atoms with E-state index in [4.69, 9.17) is 4.42 Å². The van der Waals surface area contributed by atoms with Gasteiger partial charge in [-0.15, -0.1) is 0 Å². The van der Waals surface area contributed by atoms with Crippen LogP contribution >= 0.6 is 0 Å². The number of hydrogen-bond acceptors (Lipinski definition) is 2. The molecular weight excluding hydrogens is 174 g/mol. The summed E-state index contributed by atoms with van der Waals surface area (Å²) in [5.41, 5.74) is 1.03. The van der Waals surface area contributed by atoms with Crippen molar-refractivity contribution in [3.05, 3.63) is 42.4 Å². The van der Waals surface area contributed by atoms with Crippen LogP contribution in [0.2, 0.25) is 0 Å². The minimum Gasteiger partial charge on any atom is -0.461 e. The molecule has 0 atom stereocenters. The monoisotopic (exact) mass is 187 g/mol. The topological polar surface area (TPSA) is 26.0 Å². The molecule has 0 saturated heterocycles. The highest BCUT2D eigenvalue weighted by Gasteiger charge is 2.06. The number of furan rings is 1. The van der Waals surface area contributed by atoms with Gasteiger partial charge in [0.2, 0.25) is 0 Å². The number of rotatable bonds is 2. The quantitative estimate of drug-likeness (QED) is 0.719. The Morgan fingerprint density at radius 3 is 2.64 bits per heavy atom. The Kier molecular flexibility index (Phi) is 2.35. The van der Waals surface area contributed by atoms with Gasteiger partial charge in [-0.3, -0.25) is 4.98 Å². The molecule has 0 unspecified atom stereocenters. The standard InChI is InChI=1S/C12H13NO/c1-9(2)11-5-6-12(14-11)10-4-3-7-13-8-10/h3-9H,1-2H3. The summed E-state index contributed by atoms with van der Waals surface area (Å²) in [6.07, 6.45) is 3.57. The molecule has 2 aromatic rings. The zero-order valence-electron chi connectivity index (χ0n) is 8.40. The second-order valence-electron chi connectivity index (χ2n) is 3.60. The third kappa shape index (κ3) is 1.69. The van der Waals surface area contributed by atoms with Gasteiger partial charge in [-0.2, -0.15) is 0 Å². The summed E-state index contributed by atoms with van der Waals surface area (Å²) in [5.74, 6) is 2.34. The lowest BCUT2D eigenvalue weighted by molar-refractivity contribution is 0.498. The third-order valence-corrected chi connectivity index (χ3v) is 2.14. The van der Waals surface area contributed by atoms with Crippen LogP contribution in [-0.2, 0) is 0 Å². The SMILES string of the molecule is CC(C)c1ccc(-c2cccnc2)o1. The van der Waals surface area contributed by atoms with E-state index in [0.29, 0.717) is 5.92 Å². The molecule has 0 aliphatic rings. The highest BCUT2D eigenvalue weighted by molar-refractivity contribution is 5.55. The van der Waals surface area contributed by atoms with Gasteiger partial charge in [-0.1, -0.05) is 13.8 Å². The average Bonchev–Trinajstić information content (AvgIpc) is 2.68. The van der Waals surface area contributed by atoms with Gasteiger partial charge < -0.3 is 4.42 Å². The largest absolute Gasteiger partial charge is 0.461 e. The Balaban J connectivity index is 2.34. The van der Waals surface area contributed by atoms with Crippen LogP contribution in [-0.4, -0.2) is 4.98 Å². The van der Waals surface area contributed by atoms with Gasteiger partial charge in [-0.25, -0.2) is 0 Å². The molecule has 0 saturated carbocycles. The fraction of sp³-hybridized carbons (Fsp3) is 0.250. The molecule has 14 heavy (non-hydrogen) atoms. The van der Waals surface area contributed by atoms with E-state index in [0.717, 1.165) is 17.1 Å². The minimum atomic E-state index is 0.431. The van der Waals surface area contributed by atoms with Crippen molar-refractivity contribution in [2.45, 2.75) is 19.8 Å². The summed E-state index contributed by atoms with van der Waals surface area (Å²) >= 11 is 0. The van der Waals surface area contributed by atoms with Crippen molar-refractivity contribution in [3.8, 4) is 11.3 Å². The first kappa shape index (κ1) is 9.00. The van der Waals surface area contributed by atoms with Gasteiger partial charge in [0.25, 0.3) is 0 Å². The van der Waals surface area contributed by atoms with Crippen LogP contribution in [0.4, 0.5) is 0 Å². The van der Waals surface area contributed by atoms with Crippen molar-refractivity contribution in [2.24, 2.45) is 0 Å². The molecule has 0 fully saturated rings. The second kappa shape index (κ2) is 3.66. The smallest absolute Gasteiger partial charge is 0.135 e. The molecule has 2 heterocycles. The molecule has 0 amide bonds. The van der Waals surface area contributed by atoms with Crippen LogP contribution in [0.1, 0.15) is 25.5 Å². The summed E-state index contributed by atoms with van der Waals surface area (Å²) < 4.78 is 5.69. The first-order valence-electron chi connectivity index (χ1n) is 4.77. The molecule has 0 aliphatic carbocycles. The van der Waals surface area contributed by atoms with Crippen molar-refractivity contribution in [3.63, 3.8) is 0 Å². The Bertz CT molecular complexity index is 403. The lowest BCUT2D eigenvalue weighted by atomic mass is 10.2. The molecule has 2 rings (SSSR count). The molecule has 0 bridgehead atoms. The highest BCUT2D eigenvalue weighted by Crippen LogP contribution is 2.24. The molecular formula is C12H13NO. The van der Waals surface area contributed by atoms with Crippen LogP contribution in [0.5, 0.6) is 0 Å². The lowest BCUT2D eigenvalue weighted by Gasteiger charge is -1.99. The number of nitrogens with zero attached hydrogens (tertiary/aromatic N) is 1. The van der Waals surface area contributed by atoms with E-state index in [9.17, 15) is 0 Å². The van der Waals surface area contributed by atoms with Crippen LogP contribution in [0.25, 0.3) is 11.3 Å². The Labute approximate surface area is 83.6 Å². The van der Waals surface area contributed by atoms with E-state index in [1.165, 1.54) is 0 Å². The normalized spacial score (nSPS) is 10.8. The van der Waals surface area contributed by atoms with Crippen molar-refractivity contribution < 1.29 is 4.42 Å². The van der Waals surface area contributed by atoms with E-state index in [2.05, 4.69) is 18.8 Å². The van der Waals surface area contributed by atoms with Crippen LogP contribution in [0, 0.1) is 0 Å². The predicted octanol–water partition coefficient (Wildman–Crippen LogP) is 3.47. The van der Waals surface area contributed by atoms with Crippen LogP contribution < -0.4 is 0 Å². The Hall–Kier alpha value is -1.57.